The third kappa shape index (κ3) is 4.16. The van der Waals surface area contributed by atoms with Gasteiger partial charge >= 0.3 is 0 Å². The maximum Gasteiger partial charge on any atom is 0.281 e. The quantitative estimate of drug-likeness (QED) is 0.759. The lowest BCUT2D eigenvalue weighted by Crippen LogP contribution is -2.49. The Morgan fingerprint density at radius 2 is 1.86 bits per heavy atom. The first-order chi connectivity index (χ1) is 9.95. The molecule has 7 heteroatoms. The van der Waals surface area contributed by atoms with Crippen molar-refractivity contribution in [3.05, 3.63) is 0 Å². The highest BCUT2D eigenvalue weighted by Gasteiger charge is 2.33. The zero-order valence-electron chi connectivity index (χ0n) is 13.6. The molecule has 1 atom stereocenters. The fraction of sp³-hybridized carbons (Fsp3) is 1.00. The normalized spacial score (nSPS) is 26.8. The molecule has 124 valence electrons. The van der Waals surface area contributed by atoms with E-state index in [2.05, 4.69) is 17.3 Å². The van der Waals surface area contributed by atoms with Crippen LogP contribution in [0.3, 0.4) is 0 Å². The first-order valence-electron chi connectivity index (χ1n) is 8.01. The summed E-state index contributed by atoms with van der Waals surface area (Å²) in [5.74, 6) is 0.604. The summed E-state index contributed by atoms with van der Waals surface area (Å²) in [5.41, 5.74) is 0. The minimum Gasteiger partial charge on any atom is -0.319 e. The molecule has 2 rings (SSSR count). The van der Waals surface area contributed by atoms with E-state index in [1.807, 2.05) is 7.05 Å². The van der Waals surface area contributed by atoms with Crippen LogP contribution in [0, 0.1) is 5.92 Å². The predicted octanol–water partition coefficient (Wildman–Crippen LogP) is 0.189. The lowest BCUT2D eigenvalue weighted by molar-refractivity contribution is 0.237. The van der Waals surface area contributed by atoms with E-state index in [1.54, 1.807) is 15.7 Å². The molecule has 0 amide bonds. The molecule has 2 heterocycles. The van der Waals surface area contributed by atoms with Gasteiger partial charge in [-0.05, 0) is 58.8 Å². The van der Waals surface area contributed by atoms with Gasteiger partial charge < -0.3 is 10.2 Å². The van der Waals surface area contributed by atoms with Crippen molar-refractivity contribution in [3.8, 4) is 0 Å². The fourth-order valence-electron chi connectivity index (χ4n) is 3.43. The highest BCUT2D eigenvalue weighted by molar-refractivity contribution is 7.86. The van der Waals surface area contributed by atoms with E-state index >= 15 is 0 Å². The zero-order chi connectivity index (χ0) is 15.5. The smallest absolute Gasteiger partial charge is 0.281 e. The van der Waals surface area contributed by atoms with E-state index in [1.165, 1.54) is 6.42 Å². The highest BCUT2D eigenvalue weighted by Crippen LogP contribution is 2.22. The lowest BCUT2D eigenvalue weighted by atomic mass is 9.98. The van der Waals surface area contributed by atoms with Gasteiger partial charge in [0.25, 0.3) is 10.2 Å². The Morgan fingerprint density at radius 1 is 1.19 bits per heavy atom. The number of nitrogens with one attached hydrogen (secondary N) is 1. The summed E-state index contributed by atoms with van der Waals surface area (Å²) in [4.78, 5) is 2.27. The molecule has 0 aromatic heterocycles. The maximum atomic E-state index is 12.7. The second kappa shape index (κ2) is 7.37. The van der Waals surface area contributed by atoms with Crippen LogP contribution in [0.5, 0.6) is 0 Å². The van der Waals surface area contributed by atoms with Crippen molar-refractivity contribution in [2.45, 2.75) is 31.7 Å². The van der Waals surface area contributed by atoms with Crippen molar-refractivity contribution in [2.75, 3.05) is 53.9 Å². The highest BCUT2D eigenvalue weighted by atomic mass is 32.2. The average molecular weight is 318 g/mol. The number of rotatable bonds is 6. The van der Waals surface area contributed by atoms with E-state index in [0.717, 1.165) is 32.4 Å². The van der Waals surface area contributed by atoms with Crippen LogP contribution in [0.1, 0.15) is 25.7 Å². The molecular weight excluding hydrogens is 288 g/mol. The minimum absolute atomic E-state index is 0.367. The molecule has 2 fully saturated rings. The molecule has 0 aromatic carbocycles. The molecule has 6 nitrogen and oxygen atoms in total. The molecule has 0 radical (unpaired) electrons. The van der Waals surface area contributed by atoms with Crippen LogP contribution < -0.4 is 5.32 Å². The van der Waals surface area contributed by atoms with Gasteiger partial charge in [-0.15, -0.1) is 0 Å². The average Bonchev–Trinajstić information content (AvgIpc) is 2.85. The SMILES string of the molecule is CNCC1CCN(S(=O)(=O)N(C)CC2CCCN2C)CC1. The van der Waals surface area contributed by atoms with Gasteiger partial charge in [-0.25, -0.2) is 0 Å². The van der Waals surface area contributed by atoms with Crippen molar-refractivity contribution in [2.24, 2.45) is 5.92 Å². The number of nitrogens with zero attached hydrogens (tertiary/aromatic N) is 3. The molecule has 0 aliphatic carbocycles. The summed E-state index contributed by atoms with van der Waals surface area (Å²) in [5, 5.41) is 3.18. The Kier molecular flexibility index (Phi) is 6.02. The van der Waals surface area contributed by atoms with Crippen LogP contribution in [0.25, 0.3) is 0 Å². The lowest BCUT2D eigenvalue weighted by Gasteiger charge is -2.35. The van der Waals surface area contributed by atoms with Crippen LogP contribution >= 0.6 is 0 Å². The van der Waals surface area contributed by atoms with Gasteiger partial charge in [-0.2, -0.15) is 17.0 Å². The van der Waals surface area contributed by atoms with Crippen LogP contribution in [-0.2, 0) is 10.2 Å². The van der Waals surface area contributed by atoms with Gasteiger partial charge in [0.1, 0.15) is 0 Å². The molecule has 0 spiro atoms. The Hall–Kier alpha value is -0.210. The van der Waals surface area contributed by atoms with Crippen LogP contribution in [0.4, 0.5) is 0 Å². The molecule has 0 bridgehead atoms. The number of piperidine rings is 1. The standard InChI is InChI=1S/C14H30N4O2S/c1-15-11-13-6-9-18(10-7-13)21(19,20)17(3)12-14-5-4-8-16(14)2/h13-15H,4-12H2,1-3H3. The molecule has 0 aromatic rings. The summed E-state index contributed by atoms with van der Waals surface area (Å²) in [6.45, 7) is 3.97. The first kappa shape index (κ1) is 17.1. The number of hydrogen-bond donors (Lipinski definition) is 1. The maximum absolute atomic E-state index is 12.7. The molecular formula is C14H30N4O2S. The van der Waals surface area contributed by atoms with E-state index in [4.69, 9.17) is 0 Å². The van der Waals surface area contributed by atoms with Gasteiger partial charge in [-0.3, -0.25) is 0 Å². The zero-order valence-corrected chi connectivity index (χ0v) is 14.4. The molecule has 21 heavy (non-hydrogen) atoms. The largest absolute Gasteiger partial charge is 0.319 e. The molecule has 1 N–H and O–H groups in total. The predicted molar refractivity (Wildman–Crippen MR) is 85.4 cm³/mol. The first-order valence-corrected chi connectivity index (χ1v) is 9.41. The van der Waals surface area contributed by atoms with E-state index in [9.17, 15) is 8.42 Å². The summed E-state index contributed by atoms with van der Waals surface area (Å²) < 4.78 is 28.5. The van der Waals surface area contributed by atoms with E-state index in [-0.39, 0.29) is 0 Å². The molecule has 2 aliphatic heterocycles. The third-order valence-electron chi connectivity index (χ3n) is 4.93. The molecule has 1 unspecified atom stereocenters. The number of likely N-dealkylation sites (N-methyl/N-ethyl adjacent to an activating group) is 2. The Bertz CT molecular complexity index is 421. The van der Waals surface area contributed by atoms with E-state index in [0.29, 0.717) is 31.6 Å². The minimum atomic E-state index is -3.29. The van der Waals surface area contributed by atoms with Crippen molar-refractivity contribution in [1.29, 1.82) is 0 Å². The fourth-order valence-corrected chi connectivity index (χ4v) is 4.86. The van der Waals surface area contributed by atoms with Crippen LogP contribution in [0.15, 0.2) is 0 Å². The molecule has 2 aliphatic rings. The van der Waals surface area contributed by atoms with Crippen molar-refractivity contribution in [1.82, 2.24) is 18.8 Å². The summed E-state index contributed by atoms with van der Waals surface area (Å²) in [6, 6.07) is 0.367. The van der Waals surface area contributed by atoms with Gasteiger partial charge in [0, 0.05) is 32.7 Å². The Morgan fingerprint density at radius 3 is 2.38 bits per heavy atom. The molecule has 0 saturated carbocycles. The summed E-state index contributed by atoms with van der Waals surface area (Å²) >= 11 is 0. The number of likely N-dealkylation sites (tertiary alicyclic amines) is 1. The third-order valence-corrected chi connectivity index (χ3v) is 6.88. The van der Waals surface area contributed by atoms with Gasteiger partial charge in [0.15, 0.2) is 0 Å². The second-order valence-electron chi connectivity index (χ2n) is 6.47. The van der Waals surface area contributed by atoms with Crippen LogP contribution in [-0.4, -0.2) is 81.8 Å². The second-order valence-corrected chi connectivity index (χ2v) is 8.50. The summed E-state index contributed by atoms with van der Waals surface area (Å²) in [6.07, 6.45) is 4.18. The monoisotopic (exact) mass is 318 g/mol. The van der Waals surface area contributed by atoms with Crippen molar-refractivity contribution in [3.63, 3.8) is 0 Å². The molecule has 2 saturated heterocycles. The van der Waals surface area contributed by atoms with Crippen molar-refractivity contribution < 1.29 is 8.42 Å². The Balaban J connectivity index is 1.89. The summed E-state index contributed by atoms with van der Waals surface area (Å²) in [7, 11) is 2.47. The Labute approximate surface area is 129 Å². The van der Waals surface area contributed by atoms with Crippen molar-refractivity contribution >= 4 is 10.2 Å². The van der Waals surface area contributed by atoms with Gasteiger partial charge in [-0.1, -0.05) is 0 Å². The van der Waals surface area contributed by atoms with E-state index < -0.39 is 10.2 Å². The number of hydrogen-bond acceptors (Lipinski definition) is 4. The van der Waals surface area contributed by atoms with Gasteiger partial charge in [0.05, 0.1) is 0 Å². The van der Waals surface area contributed by atoms with Gasteiger partial charge in [0.2, 0.25) is 0 Å². The van der Waals surface area contributed by atoms with Crippen LogP contribution in [0.2, 0.25) is 0 Å². The topological polar surface area (TPSA) is 55.9 Å².